The molecule has 2 heterocycles. The van der Waals surface area contributed by atoms with Gasteiger partial charge >= 0.3 is 0 Å². The van der Waals surface area contributed by atoms with Gasteiger partial charge in [-0.1, -0.05) is 0 Å². The van der Waals surface area contributed by atoms with Crippen LogP contribution in [0.25, 0.3) is 5.65 Å². The molecule has 1 aromatic carbocycles. The molecule has 0 aliphatic carbocycles. The lowest BCUT2D eigenvalue weighted by molar-refractivity contribution is 0.343. The fourth-order valence-electron chi connectivity index (χ4n) is 2.13. The van der Waals surface area contributed by atoms with E-state index in [1.807, 2.05) is 6.07 Å². The standard InChI is InChI=1S/C17H14BrFN2O2S/c18-12-1-6-16-20-14(9-17(22)21(16)10-12)11-24-8-7-23-15-4-2-13(19)3-5-15/h1-6,9-10H,7-8,11H2. The van der Waals surface area contributed by atoms with Crippen LogP contribution in [-0.4, -0.2) is 21.7 Å². The van der Waals surface area contributed by atoms with E-state index in [9.17, 15) is 9.18 Å². The van der Waals surface area contributed by atoms with Gasteiger partial charge in [0, 0.05) is 28.2 Å². The molecule has 24 heavy (non-hydrogen) atoms. The second-order valence-corrected chi connectivity index (χ2v) is 7.04. The second-order valence-electron chi connectivity index (χ2n) is 5.02. The highest BCUT2D eigenvalue weighted by atomic mass is 79.9. The van der Waals surface area contributed by atoms with Gasteiger partial charge in [0.15, 0.2) is 0 Å². The Morgan fingerprint density at radius 3 is 2.79 bits per heavy atom. The number of nitrogens with zero attached hydrogens (tertiary/aromatic N) is 2. The topological polar surface area (TPSA) is 43.6 Å². The van der Waals surface area contributed by atoms with E-state index >= 15 is 0 Å². The van der Waals surface area contributed by atoms with Crippen molar-refractivity contribution in [1.82, 2.24) is 9.38 Å². The highest BCUT2D eigenvalue weighted by Crippen LogP contribution is 2.14. The van der Waals surface area contributed by atoms with Gasteiger partial charge in [0.1, 0.15) is 17.2 Å². The van der Waals surface area contributed by atoms with Gasteiger partial charge in [0.05, 0.1) is 12.3 Å². The van der Waals surface area contributed by atoms with E-state index in [2.05, 4.69) is 20.9 Å². The minimum Gasteiger partial charge on any atom is -0.493 e. The first-order chi connectivity index (χ1) is 11.6. The number of benzene rings is 1. The third kappa shape index (κ3) is 4.36. The van der Waals surface area contributed by atoms with Gasteiger partial charge < -0.3 is 4.74 Å². The van der Waals surface area contributed by atoms with E-state index < -0.39 is 0 Å². The molecular weight excluding hydrogens is 395 g/mol. The predicted molar refractivity (Wildman–Crippen MR) is 97.2 cm³/mol. The van der Waals surface area contributed by atoms with Gasteiger partial charge in [-0.2, -0.15) is 11.8 Å². The van der Waals surface area contributed by atoms with Crippen LogP contribution in [0.2, 0.25) is 0 Å². The third-order valence-electron chi connectivity index (χ3n) is 3.24. The van der Waals surface area contributed by atoms with Crippen molar-refractivity contribution in [3.8, 4) is 5.75 Å². The van der Waals surface area contributed by atoms with Crippen molar-refractivity contribution < 1.29 is 9.13 Å². The number of halogens is 2. The summed E-state index contributed by atoms with van der Waals surface area (Å²) in [5.41, 5.74) is 1.28. The van der Waals surface area contributed by atoms with Crippen LogP contribution >= 0.6 is 27.7 Å². The number of fused-ring (bicyclic) bond motifs is 1. The SMILES string of the molecule is O=c1cc(CSCCOc2ccc(F)cc2)nc2ccc(Br)cn12. The van der Waals surface area contributed by atoms with Crippen LogP contribution in [0.4, 0.5) is 4.39 Å². The fourth-order valence-corrected chi connectivity index (χ4v) is 3.17. The number of ether oxygens (including phenoxy) is 1. The highest BCUT2D eigenvalue weighted by Gasteiger charge is 2.03. The van der Waals surface area contributed by atoms with Crippen molar-refractivity contribution in [3.05, 3.63) is 75.0 Å². The average molecular weight is 409 g/mol. The van der Waals surface area contributed by atoms with E-state index in [0.717, 1.165) is 15.9 Å². The Bertz CT molecular complexity index is 899. The molecule has 0 amide bonds. The summed E-state index contributed by atoms with van der Waals surface area (Å²) in [6, 6.07) is 11.1. The number of thioether (sulfide) groups is 1. The zero-order valence-corrected chi connectivity index (χ0v) is 15.0. The lowest BCUT2D eigenvalue weighted by Gasteiger charge is -2.07. The molecule has 3 rings (SSSR count). The molecule has 3 aromatic rings. The van der Waals surface area contributed by atoms with E-state index in [4.69, 9.17) is 4.74 Å². The molecule has 0 atom stereocenters. The van der Waals surface area contributed by atoms with Crippen LogP contribution in [0.5, 0.6) is 5.75 Å². The molecule has 0 aliphatic heterocycles. The first kappa shape index (κ1) is 17.0. The van der Waals surface area contributed by atoms with Crippen LogP contribution in [0.15, 0.2) is 57.9 Å². The number of rotatable bonds is 6. The number of hydrogen-bond acceptors (Lipinski definition) is 4. The second kappa shape index (κ2) is 7.81. The zero-order valence-electron chi connectivity index (χ0n) is 12.6. The first-order valence-electron chi connectivity index (χ1n) is 7.26. The van der Waals surface area contributed by atoms with Crippen LogP contribution < -0.4 is 10.3 Å². The van der Waals surface area contributed by atoms with Gasteiger partial charge in [-0.25, -0.2) is 9.37 Å². The molecule has 0 N–H and O–H groups in total. The minimum absolute atomic E-state index is 0.0977. The van der Waals surface area contributed by atoms with Gasteiger partial charge in [-0.05, 0) is 52.3 Å². The van der Waals surface area contributed by atoms with Crippen LogP contribution in [0.1, 0.15) is 5.69 Å². The third-order valence-corrected chi connectivity index (χ3v) is 4.66. The lowest BCUT2D eigenvalue weighted by atomic mass is 10.3. The maximum Gasteiger partial charge on any atom is 0.258 e. The summed E-state index contributed by atoms with van der Waals surface area (Å²) in [6.07, 6.45) is 1.71. The molecule has 2 aromatic heterocycles. The van der Waals surface area contributed by atoms with Gasteiger partial charge in [-0.3, -0.25) is 9.20 Å². The zero-order chi connectivity index (χ0) is 16.9. The van der Waals surface area contributed by atoms with Crippen molar-refractivity contribution in [1.29, 1.82) is 0 Å². The van der Waals surface area contributed by atoms with Crippen LogP contribution in [-0.2, 0) is 5.75 Å². The number of hydrogen-bond donors (Lipinski definition) is 0. The molecule has 0 aliphatic rings. The first-order valence-corrected chi connectivity index (χ1v) is 9.20. The number of aromatic nitrogens is 2. The smallest absolute Gasteiger partial charge is 0.258 e. The Balaban J connectivity index is 1.53. The quantitative estimate of drug-likeness (QED) is 0.580. The molecular formula is C17H14BrFN2O2S. The summed E-state index contributed by atoms with van der Waals surface area (Å²) >= 11 is 4.97. The Labute approximate surface area is 150 Å². The van der Waals surface area contributed by atoms with Crippen molar-refractivity contribution in [2.75, 3.05) is 12.4 Å². The summed E-state index contributed by atoms with van der Waals surface area (Å²) in [6.45, 7) is 0.510. The van der Waals surface area contributed by atoms with Crippen molar-refractivity contribution in [2.24, 2.45) is 0 Å². The maximum absolute atomic E-state index is 12.8. The fraction of sp³-hybridized carbons (Fsp3) is 0.176. The molecule has 4 nitrogen and oxygen atoms in total. The van der Waals surface area contributed by atoms with Crippen LogP contribution in [0.3, 0.4) is 0 Å². The van der Waals surface area contributed by atoms with Gasteiger partial charge in [-0.15, -0.1) is 0 Å². The van der Waals surface area contributed by atoms with E-state index in [1.54, 1.807) is 42.2 Å². The Hall–Kier alpha value is -1.86. The molecule has 0 unspecified atom stereocenters. The van der Waals surface area contributed by atoms with Crippen molar-refractivity contribution in [2.45, 2.75) is 5.75 Å². The monoisotopic (exact) mass is 408 g/mol. The molecule has 0 radical (unpaired) electrons. The van der Waals surface area contributed by atoms with E-state index in [-0.39, 0.29) is 11.4 Å². The van der Waals surface area contributed by atoms with E-state index in [0.29, 0.717) is 23.8 Å². The molecule has 0 saturated carbocycles. The molecule has 0 saturated heterocycles. The molecule has 0 fully saturated rings. The number of pyridine rings is 1. The van der Waals surface area contributed by atoms with Crippen molar-refractivity contribution >= 4 is 33.3 Å². The highest BCUT2D eigenvalue weighted by molar-refractivity contribution is 9.10. The normalized spacial score (nSPS) is 10.9. The summed E-state index contributed by atoms with van der Waals surface area (Å²) < 4.78 is 20.7. The molecule has 7 heteroatoms. The summed E-state index contributed by atoms with van der Waals surface area (Å²) in [4.78, 5) is 16.6. The Morgan fingerprint density at radius 1 is 1.21 bits per heavy atom. The predicted octanol–water partition coefficient (Wildman–Crippen LogP) is 3.91. The van der Waals surface area contributed by atoms with E-state index in [1.165, 1.54) is 16.5 Å². The maximum atomic E-state index is 12.8. The van der Waals surface area contributed by atoms with Crippen LogP contribution in [0, 0.1) is 5.82 Å². The average Bonchev–Trinajstić information content (AvgIpc) is 2.57. The molecule has 0 spiro atoms. The Morgan fingerprint density at radius 2 is 2.00 bits per heavy atom. The van der Waals surface area contributed by atoms with Crippen molar-refractivity contribution in [3.63, 3.8) is 0 Å². The lowest BCUT2D eigenvalue weighted by Crippen LogP contribution is -2.15. The largest absolute Gasteiger partial charge is 0.493 e. The van der Waals surface area contributed by atoms with Gasteiger partial charge in [0.25, 0.3) is 5.56 Å². The molecule has 124 valence electrons. The molecule has 0 bridgehead atoms. The minimum atomic E-state index is -0.280. The summed E-state index contributed by atoms with van der Waals surface area (Å²) in [5, 5.41) is 0. The summed E-state index contributed by atoms with van der Waals surface area (Å²) in [5.74, 6) is 1.75. The Kier molecular flexibility index (Phi) is 5.52. The van der Waals surface area contributed by atoms with Gasteiger partial charge in [0.2, 0.25) is 0 Å². The summed E-state index contributed by atoms with van der Waals surface area (Å²) in [7, 11) is 0.